The maximum absolute atomic E-state index is 12.7. The minimum Gasteiger partial charge on any atom is -0.448 e. The van der Waals surface area contributed by atoms with Crippen molar-refractivity contribution >= 4 is 40.1 Å². The standard InChI is InChI=1S/C23H20ClN5O3/c1-13-12-14(2)29(28-13)20-10-9-17(24)21(27-20)23(31)32-15(3)22(30)26-19-8-4-7-18-16(19)6-5-11-25-18/h4-12,15H,1-3H3,(H,26,30). The average Bonchev–Trinajstić information content (AvgIpc) is 3.12. The number of rotatable bonds is 5. The van der Waals surface area contributed by atoms with Gasteiger partial charge in [-0.3, -0.25) is 9.78 Å². The fourth-order valence-electron chi connectivity index (χ4n) is 3.27. The molecule has 1 N–H and O–H groups in total. The molecule has 0 aliphatic heterocycles. The Labute approximate surface area is 189 Å². The van der Waals surface area contributed by atoms with E-state index in [2.05, 4.69) is 20.4 Å². The van der Waals surface area contributed by atoms with Crippen LogP contribution in [0.5, 0.6) is 0 Å². The van der Waals surface area contributed by atoms with Gasteiger partial charge in [0, 0.05) is 17.3 Å². The Morgan fingerprint density at radius 3 is 2.69 bits per heavy atom. The molecule has 0 saturated heterocycles. The molecule has 1 amide bonds. The number of esters is 1. The number of pyridine rings is 2. The number of nitrogens with zero attached hydrogens (tertiary/aromatic N) is 4. The third-order valence-electron chi connectivity index (χ3n) is 4.81. The number of anilines is 1. The maximum Gasteiger partial charge on any atom is 0.359 e. The van der Waals surface area contributed by atoms with Crippen LogP contribution < -0.4 is 5.32 Å². The van der Waals surface area contributed by atoms with Gasteiger partial charge < -0.3 is 10.1 Å². The van der Waals surface area contributed by atoms with E-state index in [1.54, 1.807) is 41.2 Å². The molecule has 0 fully saturated rings. The van der Waals surface area contributed by atoms with E-state index >= 15 is 0 Å². The molecule has 9 heteroatoms. The Kier molecular flexibility index (Phi) is 5.87. The Hall–Kier alpha value is -3.78. The van der Waals surface area contributed by atoms with Crippen molar-refractivity contribution < 1.29 is 14.3 Å². The molecule has 0 radical (unpaired) electrons. The highest BCUT2D eigenvalue weighted by Gasteiger charge is 2.23. The van der Waals surface area contributed by atoms with Crippen LogP contribution in [-0.2, 0) is 9.53 Å². The van der Waals surface area contributed by atoms with Crippen LogP contribution >= 0.6 is 11.6 Å². The fourth-order valence-corrected chi connectivity index (χ4v) is 3.45. The zero-order valence-electron chi connectivity index (χ0n) is 17.7. The van der Waals surface area contributed by atoms with E-state index in [9.17, 15) is 9.59 Å². The van der Waals surface area contributed by atoms with Crippen molar-refractivity contribution in [1.82, 2.24) is 19.7 Å². The van der Waals surface area contributed by atoms with Gasteiger partial charge >= 0.3 is 5.97 Å². The Morgan fingerprint density at radius 1 is 1.12 bits per heavy atom. The molecule has 0 saturated carbocycles. The lowest BCUT2D eigenvalue weighted by molar-refractivity contribution is -0.123. The molecule has 32 heavy (non-hydrogen) atoms. The summed E-state index contributed by atoms with van der Waals surface area (Å²) < 4.78 is 6.95. The number of halogens is 1. The van der Waals surface area contributed by atoms with Gasteiger partial charge in [-0.05, 0) is 63.2 Å². The monoisotopic (exact) mass is 449 g/mol. The Balaban J connectivity index is 1.51. The van der Waals surface area contributed by atoms with Crippen LogP contribution in [0.15, 0.2) is 54.7 Å². The molecule has 3 aromatic heterocycles. The van der Waals surface area contributed by atoms with Gasteiger partial charge in [-0.15, -0.1) is 0 Å². The van der Waals surface area contributed by atoms with E-state index in [1.807, 2.05) is 32.0 Å². The highest BCUT2D eigenvalue weighted by Crippen LogP contribution is 2.22. The lowest BCUT2D eigenvalue weighted by Gasteiger charge is -2.15. The quantitative estimate of drug-likeness (QED) is 0.457. The second kappa shape index (κ2) is 8.76. The van der Waals surface area contributed by atoms with Crippen LogP contribution in [0.3, 0.4) is 0 Å². The zero-order valence-corrected chi connectivity index (χ0v) is 18.4. The van der Waals surface area contributed by atoms with Crippen LogP contribution in [-0.4, -0.2) is 37.7 Å². The van der Waals surface area contributed by atoms with E-state index in [4.69, 9.17) is 16.3 Å². The number of nitrogens with one attached hydrogen (secondary N) is 1. The summed E-state index contributed by atoms with van der Waals surface area (Å²) in [5.41, 5.74) is 2.90. The second-order valence-electron chi connectivity index (χ2n) is 7.25. The third kappa shape index (κ3) is 4.31. The van der Waals surface area contributed by atoms with E-state index in [1.165, 1.54) is 6.92 Å². The van der Waals surface area contributed by atoms with Gasteiger partial charge in [-0.25, -0.2) is 14.5 Å². The summed E-state index contributed by atoms with van der Waals surface area (Å²) >= 11 is 6.18. The molecular formula is C23H20ClN5O3. The lowest BCUT2D eigenvalue weighted by atomic mass is 10.2. The van der Waals surface area contributed by atoms with Crippen molar-refractivity contribution in [3.8, 4) is 5.82 Å². The summed E-state index contributed by atoms with van der Waals surface area (Å²) in [4.78, 5) is 34.0. The van der Waals surface area contributed by atoms with Gasteiger partial charge in [-0.2, -0.15) is 5.10 Å². The molecule has 1 unspecified atom stereocenters. The summed E-state index contributed by atoms with van der Waals surface area (Å²) in [5.74, 6) is -0.867. The molecule has 1 atom stereocenters. The van der Waals surface area contributed by atoms with Crippen LogP contribution in [0.4, 0.5) is 5.69 Å². The van der Waals surface area contributed by atoms with E-state index < -0.39 is 18.0 Å². The normalized spacial score (nSPS) is 11.9. The first kappa shape index (κ1) is 21.5. The first-order valence-electron chi connectivity index (χ1n) is 9.89. The third-order valence-corrected chi connectivity index (χ3v) is 5.11. The van der Waals surface area contributed by atoms with Gasteiger partial charge in [-0.1, -0.05) is 17.7 Å². The number of hydrogen-bond acceptors (Lipinski definition) is 6. The predicted octanol–water partition coefficient (Wildman–Crippen LogP) is 4.27. The SMILES string of the molecule is Cc1cc(C)n(-c2ccc(Cl)c(C(=O)OC(C)C(=O)Nc3cccc4ncccc34)n2)n1. The molecule has 3 heterocycles. The molecule has 0 spiro atoms. The van der Waals surface area contributed by atoms with Gasteiger partial charge in [0.15, 0.2) is 17.6 Å². The van der Waals surface area contributed by atoms with Crippen molar-refractivity contribution in [2.75, 3.05) is 5.32 Å². The number of aromatic nitrogens is 4. The van der Waals surface area contributed by atoms with E-state index in [-0.39, 0.29) is 10.7 Å². The van der Waals surface area contributed by atoms with Crippen LogP contribution in [0.25, 0.3) is 16.7 Å². The van der Waals surface area contributed by atoms with Crippen molar-refractivity contribution in [3.63, 3.8) is 0 Å². The topological polar surface area (TPSA) is 99.0 Å². The fraction of sp³-hybridized carbons (Fsp3) is 0.174. The first-order chi connectivity index (χ1) is 15.3. The molecule has 4 rings (SSSR count). The largest absolute Gasteiger partial charge is 0.448 e. The van der Waals surface area contributed by atoms with Crippen molar-refractivity contribution in [3.05, 3.63) is 76.8 Å². The average molecular weight is 450 g/mol. The number of ether oxygens (including phenoxy) is 1. The predicted molar refractivity (Wildman–Crippen MR) is 121 cm³/mol. The molecule has 4 aromatic rings. The van der Waals surface area contributed by atoms with Crippen molar-refractivity contribution in [1.29, 1.82) is 0 Å². The number of amides is 1. The number of hydrogen-bond donors (Lipinski definition) is 1. The summed E-state index contributed by atoms with van der Waals surface area (Å²) in [6.45, 7) is 5.22. The van der Waals surface area contributed by atoms with Crippen LogP contribution in [0, 0.1) is 13.8 Å². The minimum atomic E-state index is -1.08. The van der Waals surface area contributed by atoms with Gasteiger partial charge in [0.1, 0.15) is 0 Å². The van der Waals surface area contributed by atoms with Crippen LogP contribution in [0.2, 0.25) is 5.02 Å². The molecule has 8 nitrogen and oxygen atoms in total. The Morgan fingerprint density at radius 2 is 1.94 bits per heavy atom. The minimum absolute atomic E-state index is 0.0919. The van der Waals surface area contributed by atoms with E-state index in [0.29, 0.717) is 11.5 Å². The van der Waals surface area contributed by atoms with Gasteiger partial charge in [0.05, 0.1) is 21.9 Å². The maximum atomic E-state index is 12.7. The molecule has 162 valence electrons. The van der Waals surface area contributed by atoms with Crippen molar-refractivity contribution in [2.45, 2.75) is 26.9 Å². The number of aryl methyl sites for hydroxylation is 2. The summed E-state index contributed by atoms with van der Waals surface area (Å²) in [7, 11) is 0. The molecule has 0 aliphatic rings. The molecular weight excluding hydrogens is 430 g/mol. The van der Waals surface area contributed by atoms with Crippen molar-refractivity contribution in [2.24, 2.45) is 0 Å². The Bertz CT molecular complexity index is 1330. The summed E-state index contributed by atoms with van der Waals surface area (Å²) in [6.07, 6.45) is 0.597. The molecule has 1 aromatic carbocycles. The summed E-state index contributed by atoms with van der Waals surface area (Å²) in [5, 5.41) is 8.04. The number of benzene rings is 1. The highest BCUT2D eigenvalue weighted by atomic mass is 35.5. The van der Waals surface area contributed by atoms with Gasteiger partial charge in [0.25, 0.3) is 5.91 Å². The second-order valence-corrected chi connectivity index (χ2v) is 7.66. The van der Waals surface area contributed by atoms with Crippen LogP contribution in [0.1, 0.15) is 28.8 Å². The van der Waals surface area contributed by atoms with Gasteiger partial charge in [0.2, 0.25) is 0 Å². The van der Waals surface area contributed by atoms with E-state index in [0.717, 1.165) is 22.3 Å². The number of carbonyl (C=O) groups is 2. The number of fused-ring (bicyclic) bond motifs is 1. The smallest absolute Gasteiger partial charge is 0.359 e. The molecule has 0 bridgehead atoms. The number of carbonyl (C=O) groups excluding carboxylic acids is 2. The zero-order chi connectivity index (χ0) is 22.8. The first-order valence-corrected chi connectivity index (χ1v) is 10.3. The summed E-state index contributed by atoms with van der Waals surface area (Å²) in [6, 6.07) is 14.1. The molecule has 0 aliphatic carbocycles. The highest BCUT2D eigenvalue weighted by molar-refractivity contribution is 6.33. The lowest BCUT2D eigenvalue weighted by Crippen LogP contribution is -2.30.